The van der Waals surface area contributed by atoms with E-state index >= 15 is 0 Å². The fraction of sp³-hybridized carbons (Fsp3) is 0.600. The maximum Gasteiger partial charge on any atom is 0.337 e. The van der Waals surface area contributed by atoms with Crippen molar-refractivity contribution in [2.45, 2.75) is 46.7 Å². The smallest absolute Gasteiger partial charge is 0.337 e. The highest BCUT2D eigenvalue weighted by Gasteiger charge is 2.25. The number of ether oxygens (including phenoxy) is 1. The van der Waals surface area contributed by atoms with Gasteiger partial charge in [0.25, 0.3) is 5.56 Å². The van der Waals surface area contributed by atoms with Crippen LogP contribution >= 0.6 is 0 Å². The molecule has 0 amide bonds. The van der Waals surface area contributed by atoms with Gasteiger partial charge in [-0.1, -0.05) is 20.3 Å². The van der Waals surface area contributed by atoms with Crippen LogP contribution in [0.5, 0.6) is 0 Å². The second-order valence-corrected chi connectivity index (χ2v) is 5.67. The van der Waals surface area contributed by atoms with Gasteiger partial charge in [-0.05, 0) is 19.8 Å². The van der Waals surface area contributed by atoms with E-state index in [1.807, 2.05) is 0 Å². The molecule has 2 unspecified atom stereocenters. The molecule has 0 bridgehead atoms. The number of aliphatic imine (C=N–C) groups is 1. The molecule has 2 atom stereocenters. The molecule has 7 heteroatoms. The number of hydrogen-bond acceptors (Lipinski definition) is 6. The van der Waals surface area contributed by atoms with Gasteiger partial charge in [0, 0.05) is 6.54 Å². The highest BCUT2D eigenvalue weighted by atomic mass is 16.6. The normalized spacial score (nSPS) is 18.8. The van der Waals surface area contributed by atoms with Crippen molar-refractivity contribution < 1.29 is 9.53 Å². The van der Waals surface area contributed by atoms with Gasteiger partial charge >= 0.3 is 5.97 Å². The molecular formula is C15H22N4O3. The molecule has 7 nitrogen and oxygen atoms in total. The van der Waals surface area contributed by atoms with Crippen molar-refractivity contribution in [2.24, 2.45) is 10.9 Å². The van der Waals surface area contributed by atoms with Gasteiger partial charge in [0.15, 0.2) is 0 Å². The van der Waals surface area contributed by atoms with E-state index < -0.39 is 6.04 Å². The van der Waals surface area contributed by atoms with E-state index in [9.17, 15) is 9.59 Å². The number of nitrogens with zero attached hydrogens (tertiary/aromatic N) is 3. The van der Waals surface area contributed by atoms with Crippen LogP contribution in [0, 0.1) is 12.8 Å². The van der Waals surface area contributed by atoms with E-state index in [0.717, 1.165) is 13.0 Å². The first-order chi connectivity index (χ1) is 10.4. The topological polar surface area (TPSA) is 85.6 Å². The molecule has 22 heavy (non-hydrogen) atoms. The Kier molecular flexibility index (Phi) is 4.95. The minimum absolute atomic E-state index is 0.119. The number of aromatic nitrogens is 2. The molecule has 0 fully saturated rings. The van der Waals surface area contributed by atoms with Crippen LogP contribution < -0.4 is 10.9 Å². The van der Waals surface area contributed by atoms with Crippen LogP contribution in [0.4, 0.5) is 5.82 Å². The van der Waals surface area contributed by atoms with Crippen LogP contribution in [0.1, 0.15) is 32.8 Å². The number of rotatable bonds is 6. The van der Waals surface area contributed by atoms with Crippen molar-refractivity contribution in [3.05, 3.63) is 22.2 Å². The summed E-state index contributed by atoms with van der Waals surface area (Å²) in [6.07, 6.45) is 2.51. The molecule has 1 N–H and O–H groups in total. The summed E-state index contributed by atoms with van der Waals surface area (Å²) in [4.78, 5) is 32.0. The van der Waals surface area contributed by atoms with E-state index in [0.29, 0.717) is 17.3 Å². The molecule has 2 heterocycles. The predicted molar refractivity (Wildman–Crippen MR) is 84.2 cm³/mol. The van der Waals surface area contributed by atoms with Crippen LogP contribution in [0.15, 0.2) is 16.1 Å². The molecule has 0 saturated carbocycles. The van der Waals surface area contributed by atoms with E-state index in [1.165, 1.54) is 10.9 Å². The Morgan fingerprint density at radius 2 is 2.18 bits per heavy atom. The van der Waals surface area contributed by atoms with Gasteiger partial charge in [0.2, 0.25) is 5.90 Å². The first kappa shape index (κ1) is 16.2. The highest BCUT2D eigenvalue weighted by Crippen LogP contribution is 2.10. The fourth-order valence-corrected chi connectivity index (χ4v) is 2.01. The predicted octanol–water partition coefficient (Wildman–Crippen LogP) is 1.35. The lowest BCUT2D eigenvalue weighted by Crippen LogP contribution is -2.28. The quantitative estimate of drug-likeness (QED) is 0.802. The first-order valence-corrected chi connectivity index (χ1v) is 7.50. The number of nitrogens with one attached hydrogen (secondary N) is 1. The molecule has 0 aliphatic carbocycles. The summed E-state index contributed by atoms with van der Waals surface area (Å²) in [5, 5.41) is 3.20. The zero-order valence-corrected chi connectivity index (χ0v) is 13.4. The highest BCUT2D eigenvalue weighted by molar-refractivity contribution is 5.96. The molecule has 0 spiro atoms. The SMILES string of the molecule is CCC(C)CNc1ncn(CC2=NC(C)C(=O)O2)c(=O)c1C. The van der Waals surface area contributed by atoms with Crippen molar-refractivity contribution in [1.29, 1.82) is 0 Å². The minimum Gasteiger partial charge on any atom is -0.408 e. The number of carbonyl (C=O) groups is 1. The summed E-state index contributed by atoms with van der Waals surface area (Å²) >= 11 is 0. The van der Waals surface area contributed by atoms with Gasteiger partial charge in [-0.3, -0.25) is 9.36 Å². The Balaban J connectivity index is 2.12. The Morgan fingerprint density at radius 3 is 2.77 bits per heavy atom. The van der Waals surface area contributed by atoms with Gasteiger partial charge in [-0.2, -0.15) is 0 Å². The zero-order chi connectivity index (χ0) is 16.3. The Hall–Kier alpha value is -2.18. The maximum absolute atomic E-state index is 12.3. The first-order valence-electron chi connectivity index (χ1n) is 7.50. The summed E-state index contributed by atoms with van der Waals surface area (Å²) in [6, 6.07) is -0.503. The van der Waals surface area contributed by atoms with Crippen LogP contribution in [0.3, 0.4) is 0 Å². The van der Waals surface area contributed by atoms with E-state index in [-0.39, 0.29) is 24.0 Å². The third-order valence-corrected chi connectivity index (χ3v) is 3.78. The minimum atomic E-state index is -0.503. The second-order valence-electron chi connectivity index (χ2n) is 5.67. The number of anilines is 1. The zero-order valence-electron chi connectivity index (χ0n) is 13.4. The number of hydrogen-bond donors (Lipinski definition) is 1. The lowest BCUT2D eigenvalue weighted by atomic mass is 10.1. The van der Waals surface area contributed by atoms with Crippen molar-refractivity contribution in [2.75, 3.05) is 11.9 Å². The summed E-state index contributed by atoms with van der Waals surface area (Å²) in [5.74, 6) is 0.971. The molecule has 1 aromatic rings. The lowest BCUT2D eigenvalue weighted by Gasteiger charge is -2.13. The molecule has 1 aliphatic heterocycles. The summed E-state index contributed by atoms with van der Waals surface area (Å²) in [5.41, 5.74) is 0.378. The van der Waals surface area contributed by atoms with Crippen LogP contribution in [0.25, 0.3) is 0 Å². The van der Waals surface area contributed by atoms with Crippen LogP contribution in [0.2, 0.25) is 0 Å². The standard InChI is InChI=1S/C15H22N4O3/c1-5-9(2)6-16-13-10(3)14(20)19(8-17-13)7-12-18-11(4)15(21)22-12/h8-9,11,16H,5-7H2,1-4H3. The Bertz CT molecular complexity index is 651. The molecule has 1 aromatic heterocycles. The van der Waals surface area contributed by atoms with Gasteiger partial charge < -0.3 is 10.1 Å². The van der Waals surface area contributed by atoms with Crippen molar-refractivity contribution in [3.8, 4) is 0 Å². The average molecular weight is 306 g/mol. The molecule has 120 valence electrons. The monoisotopic (exact) mass is 306 g/mol. The Labute approximate surface area is 129 Å². The number of carbonyl (C=O) groups excluding carboxylic acids is 1. The molecule has 0 saturated heterocycles. The summed E-state index contributed by atoms with van der Waals surface area (Å²) in [7, 11) is 0. The van der Waals surface area contributed by atoms with E-state index in [4.69, 9.17) is 4.74 Å². The van der Waals surface area contributed by atoms with Gasteiger partial charge in [0.1, 0.15) is 24.7 Å². The molecule has 2 rings (SSSR count). The van der Waals surface area contributed by atoms with Crippen LogP contribution in [-0.4, -0.2) is 34.0 Å². The van der Waals surface area contributed by atoms with Gasteiger partial charge in [0.05, 0.1) is 5.56 Å². The number of cyclic esters (lactones) is 1. The molecule has 1 aliphatic rings. The van der Waals surface area contributed by atoms with Crippen molar-refractivity contribution >= 4 is 17.7 Å². The number of esters is 1. The third kappa shape index (κ3) is 3.52. The lowest BCUT2D eigenvalue weighted by molar-refractivity contribution is -0.134. The summed E-state index contributed by atoms with van der Waals surface area (Å²) < 4.78 is 6.40. The second kappa shape index (κ2) is 6.72. The van der Waals surface area contributed by atoms with Crippen LogP contribution in [-0.2, 0) is 16.1 Å². The van der Waals surface area contributed by atoms with Crippen molar-refractivity contribution in [1.82, 2.24) is 9.55 Å². The van der Waals surface area contributed by atoms with E-state index in [2.05, 4.69) is 29.1 Å². The van der Waals surface area contributed by atoms with Gasteiger partial charge in [-0.25, -0.2) is 14.8 Å². The molecular weight excluding hydrogens is 284 g/mol. The molecule has 0 radical (unpaired) electrons. The maximum atomic E-state index is 12.3. The Morgan fingerprint density at radius 1 is 1.45 bits per heavy atom. The fourth-order valence-electron chi connectivity index (χ4n) is 2.01. The van der Waals surface area contributed by atoms with Gasteiger partial charge in [-0.15, -0.1) is 0 Å². The van der Waals surface area contributed by atoms with E-state index in [1.54, 1.807) is 13.8 Å². The summed E-state index contributed by atoms with van der Waals surface area (Å²) in [6.45, 7) is 8.54. The molecule has 0 aromatic carbocycles. The third-order valence-electron chi connectivity index (χ3n) is 3.78. The van der Waals surface area contributed by atoms with Crippen molar-refractivity contribution in [3.63, 3.8) is 0 Å². The largest absolute Gasteiger partial charge is 0.408 e. The average Bonchev–Trinajstić information content (AvgIpc) is 2.81.